The van der Waals surface area contributed by atoms with Gasteiger partial charge in [0.25, 0.3) is 0 Å². The van der Waals surface area contributed by atoms with E-state index in [1.807, 2.05) is 38.2 Å². The van der Waals surface area contributed by atoms with Gasteiger partial charge in [-0.25, -0.2) is 0 Å². The van der Waals surface area contributed by atoms with E-state index in [4.69, 9.17) is 4.52 Å². The summed E-state index contributed by atoms with van der Waals surface area (Å²) in [7, 11) is 0. The van der Waals surface area contributed by atoms with Crippen LogP contribution in [0.1, 0.15) is 22.6 Å². The van der Waals surface area contributed by atoms with Crippen molar-refractivity contribution in [3.05, 3.63) is 59.1 Å². The molecule has 0 aliphatic heterocycles. The highest BCUT2D eigenvalue weighted by Crippen LogP contribution is 2.16. The molecule has 3 rings (SSSR count). The SMILES string of the molecule is Cc1noc(C)c1CNCc1ccnc2ccccc12. The van der Waals surface area contributed by atoms with Gasteiger partial charge in [-0.2, -0.15) is 0 Å². The van der Waals surface area contributed by atoms with Crippen molar-refractivity contribution in [2.75, 3.05) is 0 Å². The number of hydrogen-bond donors (Lipinski definition) is 1. The van der Waals surface area contributed by atoms with Crippen LogP contribution in [0.4, 0.5) is 0 Å². The molecular weight excluding hydrogens is 250 g/mol. The topological polar surface area (TPSA) is 51.0 Å². The van der Waals surface area contributed by atoms with Gasteiger partial charge in [0.1, 0.15) is 5.76 Å². The van der Waals surface area contributed by atoms with Crippen LogP contribution in [0.25, 0.3) is 10.9 Å². The van der Waals surface area contributed by atoms with Crippen LogP contribution in [0, 0.1) is 13.8 Å². The normalized spacial score (nSPS) is 11.1. The molecule has 2 aromatic heterocycles. The van der Waals surface area contributed by atoms with Crippen molar-refractivity contribution < 1.29 is 4.52 Å². The lowest BCUT2D eigenvalue weighted by atomic mass is 10.1. The second-order valence-electron chi connectivity index (χ2n) is 4.89. The van der Waals surface area contributed by atoms with Crippen molar-refractivity contribution in [2.24, 2.45) is 0 Å². The molecule has 0 aliphatic carbocycles. The summed E-state index contributed by atoms with van der Waals surface area (Å²) >= 11 is 0. The van der Waals surface area contributed by atoms with Gasteiger partial charge in [-0.15, -0.1) is 0 Å². The third kappa shape index (κ3) is 2.42. The predicted octanol–water partition coefficient (Wildman–Crippen LogP) is 3.13. The minimum atomic E-state index is 0.762. The fourth-order valence-corrected chi connectivity index (χ4v) is 2.39. The van der Waals surface area contributed by atoms with E-state index in [0.29, 0.717) is 0 Å². The van der Waals surface area contributed by atoms with Crippen LogP contribution >= 0.6 is 0 Å². The monoisotopic (exact) mass is 267 g/mol. The summed E-state index contributed by atoms with van der Waals surface area (Å²) in [6, 6.07) is 10.3. The van der Waals surface area contributed by atoms with Crippen molar-refractivity contribution in [3.63, 3.8) is 0 Å². The number of nitrogens with one attached hydrogen (secondary N) is 1. The van der Waals surface area contributed by atoms with Crippen molar-refractivity contribution in [3.8, 4) is 0 Å². The Morgan fingerprint density at radius 2 is 1.95 bits per heavy atom. The molecule has 0 bridgehead atoms. The van der Waals surface area contributed by atoms with Crippen LogP contribution in [-0.4, -0.2) is 10.1 Å². The third-order valence-electron chi connectivity index (χ3n) is 3.54. The van der Waals surface area contributed by atoms with E-state index in [9.17, 15) is 0 Å². The highest BCUT2D eigenvalue weighted by Gasteiger charge is 2.08. The number of hydrogen-bond acceptors (Lipinski definition) is 4. The summed E-state index contributed by atoms with van der Waals surface area (Å²) in [5.41, 5.74) is 4.38. The van der Waals surface area contributed by atoms with Crippen LogP contribution in [0.2, 0.25) is 0 Å². The summed E-state index contributed by atoms with van der Waals surface area (Å²) in [5, 5.41) is 8.61. The summed E-state index contributed by atoms with van der Waals surface area (Å²) in [6.45, 7) is 5.47. The van der Waals surface area contributed by atoms with E-state index < -0.39 is 0 Å². The Bertz CT molecular complexity index is 709. The number of aromatic nitrogens is 2. The van der Waals surface area contributed by atoms with Gasteiger partial charge in [0.2, 0.25) is 0 Å². The number of nitrogens with zero attached hydrogens (tertiary/aromatic N) is 2. The number of benzene rings is 1. The van der Waals surface area contributed by atoms with E-state index in [0.717, 1.165) is 35.6 Å². The zero-order valence-corrected chi connectivity index (χ0v) is 11.7. The third-order valence-corrected chi connectivity index (χ3v) is 3.54. The maximum Gasteiger partial charge on any atom is 0.138 e. The average Bonchev–Trinajstić information content (AvgIpc) is 2.79. The first kappa shape index (κ1) is 12.8. The zero-order chi connectivity index (χ0) is 13.9. The first-order valence-electron chi connectivity index (χ1n) is 6.71. The predicted molar refractivity (Wildman–Crippen MR) is 78.3 cm³/mol. The summed E-state index contributed by atoms with van der Waals surface area (Å²) in [5.74, 6) is 0.884. The highest BCUT2D eigenvalue weighted by atomic mass is 16.5. The van der Waals surface area contributed by atoms with Crippen molar-refractivity contribution >= 4 is 10.9 Å². The minimum Gasteiger partial charge on any atom is -0.361 e. The summed E-state index contributed by atoms with van der Waals surface area (Å²) in [4.78, 5) is 4.38. The smallest absolute Gasteiger partial charge is 0.138 e. The maximum absolute atomic E-state index is 5.17. The Balaban J connectivity index is 1.75. The molecule has 0 spiro atoms. The van der Waals surface area contributed by atoms with Gasteiger partial charge in [-0.3, -0.25) is 4.98 Å². The molecule has 0 atom stereocenters. The van der Waals surface area contributed by atoms with Crippen LogP contribution < -0.4 is 5.32 Å². The number of fused-ring (bicyclic) bond motifs is 1. The Morgan fingerprint density at radius 1 is 1.10 bits per heavy atom. The number of rotatable bonds is 4. The van der Waals surface area contributed by atoms with Crippen molar-refractivity contribution in [1.29, 1.82) is 0 Å². The Morgan fingerprint density at radius 3 is 2.75 bits per heavy atom. The highest BCUT2D eigenvalue weighted by molar-refractivity contribution is 5.81. The Kier molecular flexibility index (Phi) is 3.48. The molecule has 4 nitrogen and oxygen atoms in total. The van der Waals surface area contributed by atoms with Gasteiger partial charge in [0, 0.05) is 30.2 Å². The first-order chi connectivity index (χ1) is 9.75. The van der Waals surface area contributed by atoms with Gasteiger partial charge < -0.3 is 9.84 Å². The molecule has 0 fully saturated rings. The second kappa shape index (κ2) is 5.43. The molecule has 0 amide bonds. The quantitative estimate of drug-likeness (QED) is 0.789. The minimum absolute atomic E-state index is 0.762. The molecule has 20 heavy (non-hydrogen) atoms. The Labute approximate surface area is 117 Å². The van der Waals surface area contributed by atoms with Crippen LogP contribution in [0.5, 0.6) is 0 Å². The average molecular weight is 267 g/mol. The molecule has 1 aromatic carbocycles. The Hall–Kier alpha value is -2.20. The van der Waals surface area contributed by atoms with Crippen LogP contribution in [0.3, 0.4) is 0 Å². The number of aryl methyl sites for hydroxylation is 2. The molecule has 0 saturated carbocycles. The first-order valence-corrected chi connectivity index (χ1v) is 6.71. The molecule has 4 heteroatoms. The lowest BCUT2D eigenvalue weighted by molar-refractivity contribution is 0.392. The molecular formula is C16H17N3O. The lowest BCUT2D eigenvalue weighted by Crippen LogP contribution is -2.14. The van der Waals surface area contributed by atoms with E-state index in [1.54, 1.807) is 0 Å². The molecule has 0 radical (unpaired) electrons. The summed E-state index contributed by atoms with van der Waals surface area (Å²) < 4.78 is 5.17. The van der Waals surface area contributed by atoms with Crippen molar-refractivity contribution in [2.45, 2.75) is 26.9 Å². The number of para-hydroxylation sites is 1. The lowest BCUT2D eigenvalue weighted by Gasteiger charge is -2.07. The maximum atomic E-state index is 5.17. The standard InChI is InChI=1S/C16H17N3O/c1-11-15(12(2)20-19-11)10-17-9-13-7-8-18-16-6-4-3-5-14(13)16/h3-8,17H,9-10H2,1-2H3. The summed E-state index contributed by atoms with van der Waals surface area (Å²) in [6.07, 6.45) is 1.86. The van der Waals surface area contributed by atoms with E-state index in [2.05, 4.69) is 27.6 Å². The molecule has 0 unspecified atom stereocenters. The fraction of sp³-hybridized carbons (Fsp3) is 0.250. The van der Waals surface area contributed by atoms with Gasteiger partial charge in [0.15, 0.2) is 0 Å². The fourth-order valence-electron chi connectivity index (χ4n) is 2.39. The van der Waals surface area contributed by atoms with E-state index in [1.165, 1.54) is 10.9 Å². The van der Waals surface area contributed by atoms with Gasteiger partial charge in [-0.05, 0) is 31.5 Å². The van der Waals surface area contributed by atoms with E-state index >= 15 is 0 Å². The van der Waals surface area contributed by atoms with E-state index in [-0.39, 0.29) is 0 Å². The molecule has 0 saturated heterocycles. The molecule has 0 aliphatic rings. The van der Waals surface area contributed by atoms with Crippen LogP contribution in [0.15, 0.2) is 41.1 Å². The largest absolute Gasteiger partial charge is 0.361 e. The number of pyridine rings is 1. The second-order valence-corrected chi connectivity index (χ2v) is 4.89. The zero-order valence-electron chi connectivity index (χ0n) is 11.7. The molecule has 1 N–H and O–H groups in total. The van der Waals surface area contributed by atoms with Gasteiger partial charge >= 0.3 is 0 Å². The molecule has 2 heterocycles. The molecule has 3 aromatic rings. The van der Waals surface area contributed by atoms with Crippen LogP contribution in [-0.2, 0) is 13.1 Å². The van der Waals surface area contributed by atoms with Crippen molar-refractivity contribution in [1.82, 2.24) is 15.5 Å². The molecule has 102 valence electrons. The van der Waals surface area contributed by atoms with Gasteiger partial charge in [-0.1, -0.05) is 23.4 Å². The van der Waals surface area contributed by atoms with Gasteiger partial charge in [0.05, 0.1) is 11.2 Å².